The van der Waals surface area contributed by atoms with Crippen molar-refractivity contribution in [1.82, 2.24) is 19.4 Å². The van der Waals surface area contributed by atoms with Crippen molar-refractivity contribution >= 4 is 34.6 Å². The van der Waals surface area contributed by atoms with Crippen LogP contribution in [0.3, 0.4) is 0 Å². The van der Waals surface area contributed by atoms with E-state index in [1.165, 1.54) is 17.6 Å². The van der Waals surface area contributed by atoms with Crippen molar-refractivity contribution in [2.45, 2.75) is 13.8 Å². The molecule has 0 atom stereocenters. The van der Waals surface area contributed by atoms with Crippen LogP contribution in [-0.2, 0) is 4.79 Å². The van der Waals surface area contributed by atoms with Gasteiger partial charge in [-0.1, -0.05) is 6.07 Å². The lowest BCUT2D eigenvalue weighted by Gasteiger charge is -2.14. The number of hydrogen-bond donors (Lipinski definition) is 2. The number of halogens is 1. The highest BCUT2D eigenvalue weighted by atomic mass is 19.1. The van der Waals surface area contributed by atoms with Crippen molar-refractivity contribution in [3.63, 3.8) is 0 Å². The Kier molecular flexibility index (Phi) is 9.28. The second-order valence-corrected chi connectivity index (χ2v) is 8.39. The van der Waals surface area contributed by atoms with Crippen molar-refractivity contribution in [2.75, 3.05) is 44.9 Å². The molecule has 0 radical (unpaired) electrons. The van der Waals surface area contributed by atoms with E-state index in [2.05, 4.69) is 20.6 Å². The highest BCUT2D eigenvalue weighted by Gasteiger charge is 2.13. The molecule has 194 valence electrons. The Bertz CT molecular complexity index is 1440. The van der Waals surface area contributed by atoms with Crippen LogP contribution in [0.15, 0.2) is 59.5 Å². The number of aromatic nitrogens is 3. The molecule has 0 aliphatic rings. The molecule has 2 N–H and O–H groups in total. The van der Waals surface area contributed by atoms with Gasteiger partial charge in [-0.3, -0.25) is 9.36 Å². The highest BCUT2D eigenvalue weighted by Crippen LogP contribution is 2.25. The minimum Gasteiger partial charge on any atom is -0.492 e. The van der Waals surface area contributed by atoms with Gasteiger partial charge < -0.3 is 25.1 Å². The van der Waals surface area contributed by atoms with E-state index < -0.39 is 5.82 Å². The average Bonchev–Trinajstić information content (AvgIpc) is 2.86. The average molecular weight is 507 g/mol. The van der Waals surface area contributed by atoms with E-state index in [1.54, 1.807) is 24.4 Å². The van der Waals surface area contributed by atoms with Crippen LogP contribution < -0.4 is 20.9 Å². The van der Waals surface area contributed by atoms with Crippen LogP contribution in [0.1, 0.15) is 12.5 Å². The number of nitrogens with zero attached hydrogens (tertiary/aromatic N) is 4. The second kappa shape index (κ2) is 12.6. The lowest BCUT2D eigenvalue weighted by molar-refractivity contribution is -0.106. The number of rotatable bonds is 8. The van der Waals surface area contributed by atoms with Gasteiger partial charge in [0.15, 0.2) is 5.65 Å². The number of hydrogen-bond acceptors (Lipinski definition) is 8. The molecule has 10 heteroatoms. The maximum atomic E-state index is 14.7. The van der Waals surface area contributed by atoms with Gasteiger partial charge in [0.25, 0.3) is 5.56 Å². The van der Waals surface area contributed by atoms with Crippen molar-refractivity contribution in [3.05, 3.63) is 76.5 Å². The van der Waals surface area contributed by atoms with Crippen LogP contribution in [0.2, 0.25) is 0 Å². The summed E-state index contributed by atoms with van der Waals surface area (Å²) in [5.74, 6) is 0.129. The van der Waals surface area contributed by atoms with E-state index in [9.17, 15) is 9.18 Å². The number of likely N-dealkylation sites (N-methyl/N-ethyl adjacent to an activating group) is 1. The fraction of sp³-hybridized carbons (Fsp3) is 0.259. The van der Waals surface area contributed by atoms with Gasteiger partial charge >= 0.3 is 0 Å². The monoisotopic (exact) mass is 506 g/mol. The van der Waals surface area contributed by atoms with Crippen LogP contribution in [0.25, 0.3) is 16.7 Å². The lowest BCUT2D eigenvalue weighted by Crippen LogP contribution is -2.20. The number of aldehydes is 1. The second-order valence-electron chi connectivity index (χ2n) is 8.39. The first-order chi connectivity index (χ1) is 17.8. The minimum absolute atomic E-state index is 0.177. The van der Waals surface area contributed by atoms with Crippen molar-refractivity contribution in [2.24, 2.45) is 0 Å². The quantitative estimate of drug-likeness (QED) is 0.344. The summed E-state index contributed by atoms with van der Waals surface area (Å²) in [6, 6.07) is 13.6. The van der Waals surface area contributed by atoms with Crippen molar-refractivity contribution in [1.29, 1.82) is 0 Å². The number of aryl methyl sites for hydroxylation is 1. The zero-order valence-electron chi connectivity index (χ0n) is 21.6. The molecule has 4 rings (SSSR count). The Morgan fingerprint density at radius 1 is 1.16 bits per heavy atom. The molecule has 0 aliphatic carbocycles. The van der Waals surface area contributed by atoms with Gasteiger partial charge in [-0.05, 0) is 63.8 Å². The summed E-state index contributed by atoms with van der Waals surface area (Å²) in [4.78, 5) is 32.6. The number of anilines is 3. The largest absolute Gasteiger partial charge is 0.492 e. The third-order valence-corrected chi connectivity index (χ3v) is 5.35. The maximum Gasteiger partial charge on any atom is 0.257 e. The maximum absolute atomic E-state index is 14.7. The summed E-state index contributed by atoms with van der Waals surface area (Å²) in [5.41, 5.74) is 2.71. The number of carbonyl (C=O) groups is 1. The molecule has 4 aromatic rings. The number of carbonyl (C=O) groups excluding carboxylic acids is 1. The number of benzene rings is 2. The standard InChI is InChI=1S/C25H27FN6O2.C2H4O/c1-16-12-23(33)32(18-7-5-6-17(13-18)27-2)24-20(16)15-28-25(30-24)29-22-9-8-19(14-21(22)26)34-11-10-31(3)4;1-2-3/h5-9,12-15,27H,10-11H2,1-4H3,(H,28,29,30);2H,1H3. The van der Waals surface area contributed by atoms with E-state index in [-0.39, 0.29) is 17.2 Å². The molecule has 0 saturated carbocycles. The van der Waals surface area contributed by atoms with Gasteiger partial charge in [0.2, 0.25) is 5.95 Å². The molecular formula is C27H31FN6O3. The summed E-state index contributed by atoms with van der Waals surface area (Å²) in [6.45, 7) is 4.47. The SMILES string of the molecule is CC=O.CNc1cccc(-n2c(=O)cc(C)c3cnc(Nc4ccc(OCCN(C)C)cc4F)nc32)c1. The van der Waals surface area contributed by atoms with Gasteiger partial charge in [0, 0.05) is 43.0 Å². The van der Waals surface area contributed by atoms with Crippen LogP contribution in [0.5, 0.6) is 5.75 Å². The molecule has 37 heavy (non-hydrogen) atoms. The predicted molar refractivity (Wildman–Crippen MR) is 145 cm³/mol. The Hall–Kier alpha value is -4.31. The first-order valence-electron chi connectivity index (χ1n) is 11.7. The number of nitrogens with one attached hydrogen (secondary N) is 2. The highest BCUT2D eigenvalue weighted by molar-refractivity contribution is 5.81. The summed E-state index contributed by atoms with van der Waals surface area (Å²) >= 11 is 0. The smallest absolute Gasteiger partial charge is 0.257 e. The van der Waals surface area contributed by atoms with E-state index in [0.29, 0.717) is 23.7 Å². The Labute approximate surface area is 214 Å². The van der Waals surface area contributed by atoms with Crippen LogP contribution in [-0.4, -0.2) is 60.0 Å². The number of ether oxygens (including phenoxy) is 1. The summed E-state index contributed by atoms with van der Waals surface area (Å²) in [6.07, 6.45) is 2.38. The first-order valence-corrected chi connectivity index (χ1v) is 11.7. The normalized spacial score (nSPS) is 10.6. The molecule has 0 unspecified atom stereocenters. The van der Waals surface area contributed by atoms with Gasteiger partial charge in [-0.15, -0.1) is 0 Å². The summed E-state index contributed by atoms with van der Waals surface area (Å²) in [5, 5.41) is 6.72. The molecule has 0 saturated heterocycles. The number of fused-ring (bicyclic) bond motifs is 1. The molecule has 0 spiro atoms. The van der Waals surface area contributed by atoms with Gasteiger partial charge in [-0.25, -0.2) is 9.37 Å². The predicted octanol–water partition coefficient (Wildman–Crippen LogP) is 4.16. The van der Waals surface area contributed by atoms with E-state index >= 15 is 0 Å². The fourth-order valence-corrected chi connectivity index (χ4v) is 3.52. The third kappa shape index (κ3) is 6.89. The summed E-state index contributed by atoms with van der Waals surface area (Å²) < 4.78 is 21.8. The Morgan fingerprint density at radius 3 is 2.59 bits per heavy atom. The first kappa shape index (κ1) is 27.3. The molecule has 0 bridgehead atoms. The lowest BCUT2D eigenvalue weighted by atomic mass is 10.2. The molecular weight excluding hydrogens is 475 g/mol. The van der Waals surface area contributed by atoms with E-state index in [0.717, 1.165) is 29.5 Å². The fourth-order valence-electron chi connectivity index (χ4n) is 3.52. The molecule has 2 aromatic heterocycles. The van der Waals surface area contributed by atoms with Gasteiger partial charge in [0.1, 0.15) is 24.5 Å². The Morgan fingerprint density at radius 2 is 1.92 bits per heavy atom. The van der Waals surface area contributed by atoms with Crippen LogP contribution in [0.4, 0.5) is 21.7 Å². The molecule has 9 nitrogen and oxygen atoms in total. The van der Waals surface area contributed by atoms with Crippen LogP contribution >= 0.6 is 0 Å². The molecule has 0 aliphatic heterocycles. The zero-order valence-corrected chi connectivity index (χ0v) is 21.6. The minimum atomic E-state index is -0.491. The third-order valence-electron chi connectivity index (χ3n) is 5.35. The van der Waals surface area contributed by atoms with Gasteiger partial charge in [0.05, 0.1) is 11.4 Å². The molecule has 2 heterocycles. The molecule has 2 aromatic carbocycles. The van der Waals surface area contributed by atoms with Crippen molar-refractivity contribution in [3.8, 4) is 11.4 Å². The Balaban J connectivity index is 0.00000121. The molecule has 0 fully saturated rings. The summed E-state index contributed by atoms with van der Waals surface area (Å²) in [7, 11) is 5.70. The van der Waals surface area contributed by atoms with Crippen LogP contribution in [0, 0.1) is 12.7 Å². The molecule has 0 amide bonds. The van der Waals surface area contributed by atoms with Crippen molar-refractivity contribution < 1.29 is 13.9 Å². The van der Waals surface area contributed by atoms with Gasteiger partial charge in [-0.2, -0.15) is 4.98 Å². The topological polar surface area (TPSA) is 101 Å². The zero-order chi connectivity index (χ0) is 26.9. The van der Waals surface area contributed by atoms with E-state index in [1.807, 2.05) is 57.2 Å². The number of pyridine rings is 1. The van der Waals surface area contributed by atoms with E-state index in [4.69, 9.17) is 9.53 Å².